The maximum Gasteiger partial charge on any atom is 0.215 e. The fourth-order valence-corrected chi connectivity index (χ4v) is 2.91. The van der Waals surface area contributed by atoms with Gasteiger partial charge in [0.1, 0.15) is 5.15 Å². The summed E-state index contributed by atoms with van der Waals surface area (Å²) in [4.78, 5) is 3.85. The molecule has 0 unspecified atom stereocenters. The number of aliphatic hydroxyl groups is 1. The largest absolute Gasteiger partial charge is 0.396 e. The topological polar surface area (TPSA) is 79.3 Å². The molecule has 0 aromatic carbocycles. The van der Waals surface area contributed by atoms with Gasteiger partial charge in [-0.3, -0.25) is 0 Å². The molecule has 1 aromatic rings. The first-order valence-electron chi connectivity index (χ1n) is 6.43. The second kappa shape index (κ2) is 7.36. The molecule has 0 radical (unpaired) electrons. The van der Waals surface area contributed by atoms with E-state index in [1.807, 2.05) is 13.8 Å². The van der Waals surface area contributed by atoms with Crippen molar-refractivity contribution in [1.29, 1.82) is 0 Å². The molecule has 0 bridgehead atoms. The number of nitrogens with one attached hydrogen (secondary N) is 1. The summed E-state index contributed by atoms with van der Waals surface area (Å²) in [6.45, 7) is 4.35. The third kappa shape index (κ3) is 6.65. The van der Waals surface area contributed by atoms with E-state index in [-0.39, 0.29) is 17.8 Å². The zero-order chi connectivity index (χ0) is 15.2. The second-order valence-corrected chi connectivity index (χ2v) is 7.76. The van der Waals surface area contributed by atoms with Gasteiger partial charge in [0.2, 0.25) is 10.0 Å². The SMILES string of the molecule is CC(C)(CO)CCCNS(=O)(=O)Cc1ccc(Cl)nc1. The molecule has 7 heteroatoms. The minimum Gasteiger partial charge on any atom is -0.396 e. The predicted octanol–water partition coefficient (Wildman–Crippen LogP) is 1.95. The minimum atomic E-state index is -3.37. The fourth-order valence-electron chi connectivity index (χ4n) is 1.64. The summed E-state index contributed by atoms with van der Waals surface area (Å²) in [5.41, 5.74) is 0.420. The number of rotatable bonds is 8. The van der Waals surface area contributed by atoms with Crippen LogP contribution in [0.1, 0.15) is 32.3 Å². The Kier molecular flexibility index (Phi) is 6.39. The van der Waals surface area contributed by atoms with Crippen molar-refractivity contribution in [3.05, 3.63) is 29.0 Å². The van der Waals surface area contributed by atoms with Gasteiger partial charge in [0.25, 0.3) is 0 Å². The Morgan fingerprint density at radius 2 is 2.10 bits per heavy atom. The molecule has 114 valence electrons. The quantitative estimate of drug-likeness (QED) is 0.567. The van der Waals surface area contributed by atoms with Crippen LogP contribution < -0.4 is 4.72 Å². The molecule has 1 heterocycles. The Morgan fingerprint density at radius 3 is 2.65 bits per heavy atom. The molecule has 0 aliphatic heterocycles. The van der Waals surface area contributed by atoms with Crippen LogP contribution in [0.2, 0.25) is 5.15 Å². The molecule has 0 atom stereocenters. The summed E-state index contributed by atoms with van der Waals surface area (Å²) in [6.07, 6.45) is 2.90. The summed E-state index contributed by atoms with van der Waals surface area (Å²) in [5, 5.41) is 9.45. The van der Waals surface area contributed by atoms with Gasteiger partial charge >= 0.3 is 0 Å². The summed E-state index contributed by atoms with van der Waals surface area (Å²) in [6, 6.07) is 3.21. The van der Waals surface area contributed by atoms with Crippen LogP contribution in [0.3, 0.4) is 0 Å². The number of halogens is 1. The average molecular weight is 321 g/mol. The highest BCUT2D eigenvalue weighted by Gasteiger charge is 2.17. The first-order valence-corrected chi connectivity index (χ1v) is 8.46. The van der Waals surface area contributed by atoms with Crippen molar-refractivity contribution in [1.82, 2.24) is 9.71 Å². The third-order valence-electron chi connectivity index (χ3n) is 2.93. The van der Waals surface area contributed by atoms with Crippen molar-refractivity contribution in [2.75, 3.05) is 13.2 Å². The Hall–Kier alpha value is -0.690. The second-order valence-electron chi connectivity index (χ2n) is 5.57. The molecule has 1 aromatic heterocycles. The minimum absolute atomic E-state index is 0.0934. The molecular formula is C13H21ClN2O3S. The van der Waals surface area contributed by atoms with Gasteiger partial charge in [0, 0.05) is 19.3 Å². The molecule has 0 amide bonds. The number of aliphatic hydroxyl groups excluding tert-OH is 1. The van der Waals surface area contributed by atoms with E-state index in [0.717, 1.165) is 6.42 Å². The van der Waals surface area contributed by atoms with Crippen LogP contribution in [0, 0.1) is 5.41 Å². The summed E-state index contributed by atoms with van der Waals surface area (Å²) in [7, 11) is -3.37. The van der Waals surface area contributed by atoms with Crippen molar-refractivity contribution in [3.63, 3.8) is 0 Å². The molecule has 0 saturated carbocycles. The van der Waals surface area contributed by atoms with E-state index < -0.39 is 10.0 Å². The van der Waals surface area contributed by atoms with Crippen LogP contribution in [0.5, 0.6) is 0 Å². The lowest BCUT2D eigenvalue weighted by atomic mass is 9.89. The first kappa shape index (κ1) is 17.4. The van der Waals surface area contributed by atoms with Gasteiger partial charge in [-0.15, -0.1) is 0 Å². The maximum atomic E-state index is 11.9. The molecule has 5 nitrogen and oxygen atoms in total. The van der Waals surface area contributed by atoms with Crippen molar-refractivity contribution >= 4 is 21.6 Å². The van der Waals surface area contributed by atoms with Crippen molar-refractivity contribution in [2.45, 2.75) is 32.4 Å². The molecule has 0 aliphatic rings. The molecule has 20 heavy (non-hydrogen) atoms. The van der Waals surface area contributed by atoms with Crippen molar-refractivity contribution in [2.24, 2.45) is 5.41 Å². The van der Waals surface area contributed by atoms with Crippen LogP contribution in [0.25, 0.3) is 0 Å². The monoisotopic (exact) mass is 320 g/mol. The van der Waals surface area contributed by atoms with Gasteiger partial charge in [-0.05, 0) is 29.9 Å². The highest BCUT2D eigenvalue weighted by molar-refractivity contribution is 7.88. The van der Waals surface area contributed by atoms with E-state index in [1.54, 1.807) is 12.1 Å². The van der Waals surface area contributed by atoms with E-state index >= 15 is 0 Å². The van der Waals surface area contributed by atoms with Gasteiger partial charge in [-0.25, -0.2) is 18.1 Å². The van der Waals surface area contributed by atoms with Crippen LogP contribution in [0.4, 0.5) is 0 Å². The zero-order valence-corrected chi connectivity index (χ0v) is 13.3. The Bertz CT molecular complexity index is 515. The lowest BCUT2D eigenvalue weighted by molar-refractivity contribution is 0.148. The standard InChI is InChI=1S/C13H21ClN2O3S/c1-13(2,10-17)6-3-7-16-20(18,19)9-11-4-5-12(14)15-8-11/h4-5,8,16-17H,3,6-7,9-10H2,1-2H3. The molecule has 2 N–H and O–H groups in total. The molecular weight excluding hydrogens is 300 g/mol. The molecule has 1 rings (SSSR count). The highest BCUT2D eigenvalue weighted by Crippen LogP contribution is 2.20. The Morgan fingerprint density at radius 1 is 1.40 bits per heavy atom. The van der Waals surface area contributed by atoms with Gasteiger partial charge in [0.15, 0.2) is 0 Å². The van der Waals surface area contributed by atoms with Gasteiger partial charge < -0.3 is 5.11 Å². The summed E-state index contributed by atoms with van der Waals surface area (Å²) in [5.74, 6) is -0.111. The van der Waals surface area contributed by atoms with E-state index in [9.17, 15) is 8.42 Å². The van der Waals surface area contributed by atoms with E-state index in [0.29, 0.717) is 23.7 Å². The van der Waals surface area contributed by atoms with Crippen LogP contribution in [0.15, 0.2) is 18.3 Å². The molecule has 0 saturated heterocycles. The number of aromatic nitrogens is 1. The van der Waals surface area contributed by atoms with Gasteiger partial charge in [-0.2, -0.15) is 0 Å². The van der Waals surface area contributed by atoms with E-state index in [4.69, 9.17) is 16.7 Å². The number of sulfonamides is 1. The number of pyridine rings is 1. The maximum absolute atomic E-state index is 11.9. The highest BCUT2D eigenvalue weighted by atomic mass is 35.5. The Labute approximate surface area is 125 Å². The lowest BCUT2D eigenvalue weighted by Crippen LogP contribution is -2.27. The molecule has 0 fully saturated rings. The van der Waals surface area contributed by atoms with Crippen LogP contribution in [-0.2, 0) is 15.8 Å². The van der Waals surface area contributed by atoms with E-state index in [2.05, 4.69) is 9.71 Å². The van der Waals surface area contributed by atoms with Gasteiger partial charge in [0.05, 0.1) is 5.75 Å². The number of nitrogens with zero attached hydrogens (tertiary/aromatic N) is 1. The number of hydrogen-bond acceptors (Lipinski definition) is 4. The Balaban J connectivity index is 2.40. The lowest BCUT2D eigenvalue weighted by Gasteiger charge is -2.21. The first-order chi connectivity index (χ1) is 9.24. The fraction of sp³-hybridized carbons (Fsp3) is 0.615. The number of hydrogen-bond donors (Lipinski definition) is 2. The summed E-state index contributed by atoms with van der Waals surface area (Å²) < 4.78 is 26.3. The van der Waals surface area contributed by atoms with Crippen LogP contribution in [-0.4, -0.2) is 31.7 Å². The van der Waals surface area contributed by atoms with E-state index in [1.165, 1.54) is 6.20 Å². The van der Waals surface area contributed by atoms with Crippen molar-refractivity contribution < 1.29 is 13.5 Å². The molecule has 0 spiro atoms. The van der Waals surface area contributed by atoms with Crippen molar-refractivity contribution in [3.8, 4) is 0 Å². The normalized spacial score (nSPS) is 12.6. The van der Waals surface area contributed by atoms with Crippen LogP contribution >= 0.6 is 11.6 Å². The van der Waals surface area contributed by atoms with Gasteiger partial charge in [-0.1, -0.05) is 31.5 Å². The average Bonchev–Trinajstić information content (AvgIpc) is 2.37. The zero-order valence-electron chi connectivity index (χ0n) is 11.8. The predicted molar refractivity (Wildman–Crippen MR) is 80.0 cm³/mol. The molecule has 0 aliphatic carbocycles. The summed E-state index contributed by atoms with van der Waals surface area (Å²) >= 11 is 5.65. The smallest absolute Gasteiger partial charge is 0.215 e. The third-order valence-corrected chi connectivity index (χ3v) is 4.51.